The standard InChI is InChI=1S/C12H12N2O8S/c1-2-22-12(19)10(16)13-7-3-5-8(6-4-7)23(20,21)14-9(15)11(17)18/h3-6H,2H2,1H3,(H,13,16)(H,14,15)(H,17,18). The van der Waals surface area contributed by atoms with Gasteiger partial charge in [0.2, 0.25) is 0 Å². The molecule has 0 atom stereocenters. The molecule has 11 heteroatoms. The lowest BCUT2D eigenvalue weighted by atomic mass is 10.3. The third-order valence-electron chi connectivity index (χ3n) is 2.30. The van der Waals surface area contributed by atoms with Crippen LogP contribution < -0.4 is 10.0 Å². The minimum atomic E-state index is -4.36. The summed E-state index contributed by atoms with van der Waals surface area (Å²) in [7, 11) is -4.36. The number of sulfonamides is 1. The van der Waals surface area contributed by atoms with Crippen molar-refractivity contribution in [3.05, 3.63) is 24.3 Å². The Morgan fingerprint density at radius 1 is 1.09 bits per heavy atom. The largest absolute Gasteiger partial charge is 0.474 e. The molecule has 0 aromatic heterocycles. The molecule has 0 fully saturated rings. The number of carboxylic acid groups (broad SMARTS) is 1. The Morgan fingerprint density at radius 3 is 2.13 bits per heavy atom. The topological polar surface area (TPSA) is 156 Å². The van der Waals surface area contributed by atoms with Crippen LogP contribution in [0.15, 0.2) is 29.2 Å². The molecule has 23 heavy (non-hydrogen) atoms. The summed E-state index contributed by atoms with van der Waals surface area (Å²) < 4.78 is 29.2. The zero-order valence-electron chi connectivity index (χ0n) is 11.7. The molecule has 0 aliphatic carbocycles. The Hall–Kier alpha value is -2.95. The SMILES string of the molecule is CCOC(=O)C(=O)Nc1ccc(S(=O)(=O)NC(=O)C(=O)O)cc1. The van der Waals surface area contributed by atoms with Gasteiger partial charge in [0.25, 0.3) is 10.0 Å². The lowest BCUT2D eigenvalue weighted by Crippen LogP contribution is -2.35. The van der Waals surface area contributed by atoms with Crippen LogP contribution in [0.5, 0.6) is 0 Å². The predicted molar refractivity (Wildman–Crippen MR) is 74.7 cm³/mol. The summed E-state index contributed by atoms with van der Waals surface area (Å²) in [5.74, 6) is -5.80. The normalized spacial score (nSPS) is 10.5. The van der Waals surface area contributed by atoms with E-state index in [4.69, 9.17) is 5.11 Å². The Labute approximate surface area is 130 Å². The Bertz CT molecular complexity index is 739. The molecule has 1 aromatic rings. The van der Waals surface area contributed by atoms with Crippen molar-refractivity contribution in [1.82, 2.24) is 4.72 Å². The fraction of sp³-hybridized carbons (Fsp3) is 0.167. The van der Waals surface area contributed by atoms with E-state index in [1.807, 2.05) is 0 Å². The van der Waals surface area contributed by atoms with Gasteiger partial charge in [-0.15, -0.1) is 0 Å². The molecule has 1 aromatic carbocycles. The first-order valence-corrected chi connectivity index (χ1v) is 7.54. The second-order valence-corrected chi connectivity index (χ2v) is 5.62. The van der Waals surface area contributed by atoms with Gasteiger partial charge in [-0.1, -0.05) is 0 Å². The molecule has 0 saturated carbocycles. The molecule has 10 nitrogen and oxygen atoms in total. The number of ether oxygens (including phenoxy) is 1. The number of carbonyl (C=O) groups is 4. The fourth-order valence-corrected chi connectivity index (χ4v) is 2.26. The maximum absolute atomic E-state index is 11.7. The van der Waals surface area contributed by atoms with E-state index in [-0.39, 0.29) is 12.3 Å². The van der Waals surface area contributed by atoms with Crippen molar-refractivity contribution in [1.29, 1.82) is 0 Å². The molecule has 0 unspecified atom stereocenters. The molecule has 0 heterocycles. The molecule has 0 aliphatic rings. The maximum Gasteiger partial charge on any atom is 0.397 e. The zero-order chi connectivity index (χ0) is 17.6. The van der Waals surface area contributed by atoms with Crippen LogP contribution in [0, 0.1) is 0 Å². The first kappa shape index (κ1) is 18.1. The predicted octanol–water partition coefficient (Wildman–Crippen LogP) is -0.922. The summed E-state index contributed by atoms with van der Waals surface area (Å²) >= 11 is 0. The Kier molecular flexibility index (Phi) is 5.79. The van der Waals surface area contributed by atoms with Crippen LogP contribution in [0.2, 0.25) is 0 Å². The van der Waals surface area contributed by atoms with E-state index >= 15 is 0 Å². The number of aliphatic carboxylic acids is 1. The molecule has 124 valence electrons. The monoisotopic (exact) mass is 344 g/mol. The van der Waals surface area contributed by atoms with Crippen LogP contribution in [0.4, 0.5) is 5.69 Å². The van der Waals surface area contributed by atoms with Crippen molar-refractivity contribution in [3.8, 4) is 0 Å². The van der Waals surface area contributed by atoms with Gasteiger partial charge >= 0.3 is 23.8 Å². The van der Waals surface area contributed by atoms with Gasteiger partial charge in [-0.05, 0) is 31.2 Å². The zero-order valence-corrected chi connectivity index (χ0v) is 12.5. The van der Waals surface area contributed by atoms with Crippen LogP contribution in [-0.4, -0.2) is 43.9 Å². The second kappa shape index (κ2) is 7.35. The van der Waals surface area contributed by atoms with Crippen molar-refractivity contribution in [3.63, 3.8) is 0 Å². The molecule has 0 aliphatic heterocycles. The molecule has 0 bridgehead atoms. The highest BCUT2D eigenvalue weighted by atomic mass is 32.2. The van der Waals surface area contributed by atoms with Crippen molar-refractivity contribution >= 4 is 39.5 Å². The van der Waals surface area contributed by atoms with Crippen molar-refractivity contribution in [2.45, 2.75) is 11.8 Å². The lowest BCUT2D eigenvalue weighted by Gasteiger charge is -2.07. The highest BCUT2D eigenvalue weighted by Gasteiger charge is 2.22. The molecule has 0 spiro atoms. The summed E-state index contributed by atoms with van der Waals surface area (Å²) in [5.41, 5.74) is 0.103. The first-order valence-electron chi connectivity index (χ1n) is 6.05. The van der Waals surface area contributed by atoms with Crippen LogP contribution >= 0.6 is 0 Å². The number of carbonyl (C=O) groups excluding carboxylic acids is 3. The van der Waals surface area contributed by atoms with Gasteiger partial charge in [0.15, 0.2) is 0 Å². The van der Waals surface area contributed by atoms with Crippen molar-refractivity contribution in [2.75, 3.05) is 11.9 Å². The van der Waals surface area contributed by atoms with Crippen molar-refractivity contribution in [2.24, 2.45) is 0 Å². The van der Waals surface area contributed by atoms with E-state index in [0.29, 0.717) is 0 Å². The van der Waals surface area contributed by atoms with E-state index in [2.05, 4.69) is 10.1 Å². The number of esters is 1. The number of benzene rings is 1. The van der Waals surface area contributed by atoms with E-state index in [1.54, 1.807) is 0 Å². The molecule has 2 amide bonds. The van der Waals surface area contributed by atoms with Gasteiger partial charge < -0.3 is 15.2 Å². The number of hydrogen-bond acceptors (Lipinski definition) is 7. The Balaban J connectivity index is 2.84. The van der Waals surface area contributed by atoms with Crippen LogP contribution in [0.1, 0.15) is 6.92 Å². The highest BCUT2D eigenvalue weighted by molar-refractivity contribution is 7.90. The molecular weight excluding hydrogens is 332 g/mol. The van der Waals surface area contributed by atoms with E-state index in [0.717, 1.165) is 24.3 Å². The smallest absolute Gasteiger partial charge is 0.397 e. The van der Waals surface area contributed by atoms with Crippen LogP contribution in [0.3, 0.4) is 0 Å². The minimum absolute atomic E-state index is 0.0205. The number of carboxylic acids is 1. The highest BCUT2D eigenvalue weighted by Crippen LogP contribution is 2.14. The first-order chi connectivity index (χ1) is 10.7. The lowest BCUT2D eigenvalue weighted by molar-refractivity contribution is -0.152. The van der Waals surface area contributed by atoms with E-state index in [9.17, 15) is 27.6 Å². The maximum atomic E-state index is 11.7. The fourth-order valence-electron chi connectivity index (χ4n) is 1.32. The number of rotatable bonds is 4. The second-order valence-electron chi connectivity index (χ2n) is 3.94. The van der Waals surface area contributed by atoms with E-state index < -0.39 is 38.7 Å². The minimum Gasteiger partial charge on any atom is -0.474 e. The van der Waals surface area contributed by atoms with Crippen molar-refractivity contribution < 1.29 is 37.4 Å². The van der Waals surface area contributed by atoms with Crippen LogP contribution in [-0.2, 0) is 33.9 Å². The third-order valence-corrected chi connectivity index (χ3v) is 3.65. The quantitative estimate of drug-likeness (QED) is 0.467. The van der Waals surface area contributed by atoms with Gasteiger partial charge in [0.1, 0.15) is 0 Å². The van der Waals surface area contributed by atoms with E-state index in [1.165, 1.54) is 11.6 Å². The van der Waals surface area contributed by atoms with Gasteiger partial charge in [-0.25, -0.2) is 22.7 Å². The van der Waals surface area contributed by atoms with Gasteiger partial charge in [-0.3, -0.25) is 9.59 Å². The summed E-state index contributed by atoms with van der Waals surface area (Å²) in [6.45, 7) is 1.54. The molecular formula is C12H12N2O8S. The molecule has 0 radical (unpaired) electrons. The van der Waals surface area contributed by atoms with Crippen LogP contribution in [0.25, 0.3) is 0 Å². The molecule has 1 rings (SSSR count). The number of hydrogen-bond donors (Lipinski definition) is 3. The number of nitrogens with one attached hydrogen (secondary N) is 2. The Morgan fingerprint density at radius 2 is 1.65 bits per heavy atom. The average molecular weight is 344 g/mol. The van der Waals surface area contributed by atoms with Gasteiger partial charge in [0.05, 0.1) is 11.5 Å². The third kappa shape index (κ3) is 5.07. The average Bonchev–Trinajstić information content (AvgIpc) is 2.47. The summed E-state index contributed by atoms with van der Waals surface area (Å²) in [5, 5.41) is 10.5. The summed E-state index contributed by atoms with van der Waals surface area (Å²) in [6.07, 6.45) is 0. The number of anilines is 1. The summed E-state index contributed by atoms with van der Waals surface area (Å²) in [6, 6.07) is 4.32. The molecule has 3 N–H and O–H groups in total. The van der Waals surface area contributed by atoms with Gasteiger partial charge in [-0.2, -0.15) is 0 Å². The molecule has 0 saturated heterocycles. The van der Waals surface area contributed by atoms with Gasteiger partial charge in [0, 0.05) is 5.69 Å². The number of amides is 2. The summed E-state index contributed by atoms with van der Waals surface area (Å²) in [4.78, 5) is 43.3.